The zero-order chi connectivity index (χ0) is 14.5. The van der Waals surface area contributed by atoms with Gasteiger partial charge in [-0.05, 0) is 37.6 Å². The predicted molar refractivity (Wildman–Crippen MR) is 72.4 cm³/mol. The van der Waals surface area contributed by atoms with E-state index in [2.05, 4.69) is 5.32 Å². The van der Waals surface area contributed by atoms with Gasteiger partial charge >= 0.3 is 0 Å². The molecule has 0 bridgehead atoms. The third-order valence-electron chi connectivity index (χ3n) is 2.51. The second kappa shape index (κ2) is 6.75. The zero-order valence-corrected chi connectivity index (χ0v) is 11.7. The van der Waals surface area contributed by atoms with Crippen LogP contribution in [0.1, 0.15) is 12.5 Å². The summed E-state index contributed by atoms with van der Waals surface area (Å²) < 4.78 is 5.29. The first kappa shape index (κ1) is 15.8. The first-order chi connectivity index (χ1) is 8.84. The molecule has 0 heterocycles. The van der Waals surface area contributed by atoms with Gasteiger partial charge in [0.2, 0.25) is 0 Å². The van der Waals surface area contributed by atoms with Gasteiger partial charge in [-0.25, -0.2) is 0 Å². The van der Waals surface area contributed by atoms with Gasteiger partial charge in [-0.1, -0.05) is 11.6 Å². The van der Waals surface area contributed by atoms with E-state index in [4.69, 9.17) is 21.4 Å². The van der Waals surface area contributed by atoms with Crippen molar-refractivity contribution in [3.63, 3.8) is 0 Å². The van der Waals surface area contributed by atoms with E-state index in [1.807, 2.05) is 6.92 Å². The SMILES string of the molecule is Cc1cc(OCC(=O)NCC(C)(O)CO)ccc1Cl. The largest absolute Gasteiger partial charge is 0.484 e. The summed E-state index contributed by atoms with van der Waals surface area (Å²) in [5, 5.41) is 21.4. The first-order valence-electron chi connectivity index (χ1n) is 5.83. The van der Waals surface area contributed by atoms with Crippen LogP contribution in [0.5, 0.6) is 5.75 Å². The molecule has 0 saturated carbocycles. The van der Waals surface area contributed by atoms with E-state index in [0.29, 0.717) is 10.8 Å². The number of aliphatic hydroxyl groups is 2. The molecule has 19 heavy (non-hydrogen) atoms. The maximum Gasteiger partial charge on any atom is 0.258 e. The lowest BCUT2D eigenvalue weighted by atomic mass is 10.1. The molecule has 1 aromatic rings. The lowest BCUT2D eigenvalue weighted by Crippen LogP contribution is -2.44. The zero-order valence-electron chi connectivity index (χ0n) is 10.9. The average molecular weight is 288 g/mol. The van der Waals surface area contributed by atoms with Crippen LogP contribution in [0.2, 0.25) is 5.02 Å². The van der Waals surface area contributed by atoms with E-state index in [9.17, 15) is 9.90 Å². The molecule has 1 atom stereocenters. The van der Waals surface area contributed by atoms with E-state index >= 15 is 0 Å². The molecule has 1 unspecified atom stereocenters. The van der Waals surface area contributed by atoms with Gasteiger partial charge in [0.25, 0.3) is 5.91 Å². The molecular weight excluding hydrogens is 270 g/mol. The van der Waals surface area contributed by atoms with Gasteiger partial charge in [0.05, 0.1) is 6.61 Å². The van der Waals surface area contributed by atoms with Crippen molar-refractivity contribution in [1.82, 2.24) is 5.32 Å². The molecule has 1 aromatic carbocycles. The van der Waals surface area contributed by atoms with Crippen LogP contribution in [0.4, 0.5) is 0 Å². The summed E-state index contributed by atoms with van der Waals surface area (Å²) in [6.45, 7) is 2.64. The van der Waals surface area contributed by atoms with Gasteiger partial charge in [0.15, 0.2) is 6.61 Å². The van der Waals surface area contributed by atoms with Crippen LogP contribution in [0.15, 0.2) is 18.2 Å². The van der Waals surface area contributed by atoms with Crippen molar-refractivity contribution in [2.75, 3.05) is 19.8 Å². The molecule has 6 heteroatoms. The molecule has 0 aliphatic heterocycles. The van der Waals surface area contributed by atoms with Crippen LogP contribution >= 0.6 is 11.6 Å². The number of ether oxygens (including phenoxy) is 1. The highest BCUT2D eigenvalue weighted by Crippen LogP contribution is 2.20. The van der Waals surface area contributed by atoms with Crippen LogP contribution in [-0.4, -0.2) is 41.5 Å². The van der Waals surface area contributed by atoms with Crippen LogP contribution in [0, 0.1) is 6.92 Å². The highest BCUT2D eigenvalue weighted by molar-refractivity contribution is 6.31. The summed E-state index contributed by atoms with van der Waals surface area (Å²) >= 11 is 5.87. The minimum Gasteiger partial charge on any atom is -0.484 e. The fraction of sp³-hybridized carbons (Fsp3) is 0.462. The number of amides is 1. The van der Waals surface area contributed by atoms with Crippen LogP contribution in [-0.2, 0) is 4.79 Å². The van der Waals surface area contributed by atoms with Crippen molar-refractivity contribution in [3.8, 4) is 5.75 Å². The Kier molecular flexibility index (Phi) is 5.60. The van der Waals surface area contributed by atoms with Crippen molar-refractivity contribution in [2.45, 2.75) is 19.4 Å². The Labute approximate surface area is 117 Å². The molecule has 0 aromatic heterocycles. The Morgan fingerprint density at radius 2 is 2.21 bits per heavy atom. The van der Waals surface area contributed by atoms with E-state index < -0.39 is 12.2 Å². The van der Waals surface area contributed by atoms with Crippen molar-refractivity contribution in [3.05, 3.63) is 28.8 Å². The Bertz CT molecular complexity index is 448. The lowest BCUT2D eigenvalue weighted by Gasteiger charge is -2.20. The monoisotopic (exact) mass is 287 g/mol. The summed E-state index contributed by atoms with van der Waals surface area (Å²) in [5.74, 6) is 0.173. The van der Waals surface area contributed by atoms with Gasteiger partial charge in [-0.2, -0.15) is 0 Å². The number of halogens is 1. The number of hydrogen-bond donors (Lipinski definition) is 3. The van der Waals surface area contributed by atoms with Crippen LogP contribution in [0.25, 0.3) is 0 Å². The highest BCUT2D eigenvalue weighted by Gasteiger charge is 2.19. The van der Waals surface area contributed by atoms with Gasteiger partial charge in [0.1, 0.15) is 11.4 Å². The summed E-state index contributed by atoms with van der Waals surface area (Å²) in [6.07, 6.45) is 0. The van der Waals surface area contributed by atoms with Crippen molar-refractivity contribution in [2.24, 2.45) is 0 Å². The number of carbonyl (C=O) groups is 1. The molecular formula is C13H18ClNO4. The molecule has 1 amide bonds. The van der Waals surface area contributed by atoms with Crippen molar-refractivity contribution < 1.29 is 19.7 Å². The molecule has 0 fully saturated rings. The topological polar surface area (TPSA) is 78.8 Å². The van der Waals surface area contributed by atoms with Gasteiger partial charge in [0, 0.05) is 11.6 Å². The summed E-state index contributed by atoms with van der Waals surface area (Å²) in [7, 11) is 0. The second-order valence-corrected chi connectivity index (χ2v) is 5.04. The number of aliphatic hydroxyl groups excluding tert-OH is 1. The smallest absolute Gasteiger partial charge is 0.258 e. The molecule has 0 aliphatic rings. The molecule has 106 valence electrons. The number of aryl methyl sites for hydroxylation is 1. The van der Waals surface area contributed by atoms with Crippen LogP contribution < -0.4 is 10.1 Å². The summed E-state index contributed by atoms with van der Waals surface area (Å²) in [4.78, 5) is 11.5. The molecule has 0 aliphatic carbocycles. The maximum absolute atomic E-state index is 11.5. The molecule has 5 nitrogen and oxygen atoms in total. The fourth-order valence-corrected chi connectivity index (χ4v) is 1.37. The number of benzene rings is 1. The molecule has 0 spiro atoms. The average Bonchev–Trinajstić information content (AvgIpc) is 2.38. The third-order valence-corrected chi connectivity index (χ3v) is 2.93. The Balaban J connectivity index is 2.40. The van der Waals surface area contributed by atoms with Crippen molar-refractivity contribution >= 4 is 17.5 Å². The Morgan fingerprint density at radius 1 is 1.53 bits per heavy atom. The normalized spacial score (nSPS) is 13.7. The van der Waals surface area contributed by atoms with Crippen LogP contribution in [0.3, 0.4) is 0 Å². The minimum atomic E-state index is -1.33. The number of carbonyl (C=O) groups excluding carboxylic acids is 1. The predicted octanol–water partition coefficient (Wildman–Crippen LogP) is 0.887. The Morgan fingerprint density at radius 3 is 2.79 bits per heavy atom. The third kappa shape index (κ3) is 5.46. The van der Waals surface area contributed by atoms with E-state index in [0.717, 1.165) is 5.56 Å². The fourth-order valence-electron chi connectivity index (χ4n) is 1.25. The molecule has 0 saturated heterocycles. The molecule has 1 rings (SSSR count). The van der Waals surface area contributed by atoms with Gasteiger partial charge in [-0.15, -0.1) is 0 Å². The van der Waals surface area contributed by atoms with Gasteiger partial charge < -0.3 is 20.3 Å². The number of hydrogen-bond acceptors (Lipinski definition) is 4. The first-order valence-corrected chi connectivity index (χ1v) is 6.21. The van der Waals surface area contributed by atoms with Crippen molar-refractivity contribution in [1.29, 1.82) is 0 Å². The lowest BCUT2D eigenvalue weighted by molar-refractivity contribution is -0.124. The van der Waals surface area contributed by atoms with E-state index in [-0.39, 0.29) is 19.1 Å². The Hall–Kier alpha value is -1.30. The summed E-state index contributed by atoms with van der Waals surface area (Å²) in [5.41, 5.74) is -0.463. The standard InChI is InChI=1S/C13H18ClNO4/c1-9-5-10(3-4-11(9)14)19-6-12(17)15-7-13(2,18)8-16/h3-5,16,18H,6-8H2,1-2H3,(H,15,17). The number of nitrogens with one attached hydrogen (secondary N) is 1. The second-order valence-electron chi connectivity index (χ2n) is 4.63. The summed E-state index contributed by atoms with van der Waals surface area (Å²) in [6, 6.07) is 5.10. The number of rotatable bonds is 6. The molecule has 3 N–H and O–H groups in total. The van der Waals surface area contributed by atoms with E-state index in [1.165, 1.54) is 6.92 Å². The van der Waals surface area contributed by atoms with E-state index in [1.54, 1.807) is 18.2 Å². The maximum atomic E-state index is 11.5. The minimum absolute atomic E-state index is 0.0364. The van der Waals surface area contributed by atoms with Gasteiger partial charge in [-0.3, -0.25) is 4.79 Å². The molecule has 0 radical (unpaired) electrons. The highest BCUT2D eigenvalue weighted by atomic mass is 35.5. The quantitative estimate of drug-likeness (QED) is 0.726.